The molecule has 2 aromatic carbocycles. The first-order valence-electron chi connectivity index (χ1n) is 15.9. The predicted octanol–water partition coefficient (Wildman–Crippen LogP) is 11.0. The number of halogens is 3. The number of carbonyl (C=O) groups is 1. The van der Waals surface area contributed by atoms with Crippen molar-refractivity contribution < 1.29 is 22.7 Å². The number of aromatic nitrogens is 1. The van der Waals surface area contributed by atoms with Gasteiger partial charge in [0, 0.05) is 41.4 Å². The molecular weight excluding hydrogens is 573 g/mol. The average Bonchev–Trinajstić information content (AvgIpc) is 3.31. The number of fused-ring (bicyclic) bond motifs is 1. The van der Waals surface area contributed by atoms with E-state index in [2.05, 4.69) is 16.4 Å². The topological polar surface area (TPSA) is 51.2 Å². The summed E-state index contributed by atoms with van der Waals surface area (Å²) in [4.78, 5) is 18.0. The monoisotopic (exact) mass is 614 g/mol. The first kappa shape index (κ1) is 32.3. The second kappa shape index (κ2) is 15.2. The number of hydrogen-bond acceptors (Lipinski definition) is 4. The van der Waals surface area contributed by atoms with Gasteiger partial charge in [-0.1, -0.05) is 48.8 Å². The summed E-state index contributed by atoms with van der Waals surface area (Å²) in [5.74, 6) is -0.712. The van der Waals surface area contributed by atoms with Gasteiger partial charge in [0.15, 0.2) is 17.3 Å². The van der Waals surface area contributed by atoms with Crippen LogP contribution in [0.4, 0.5) is 24.5 Å². The van der Waals surface area contributed by atoms with E-state index in [0.29, 0.717) is 17.5 Å². The number of alkyl halides is 2. The van der Waals surface area contributed by atoms with E-state index in [9.17, 15) is 18.0 Å². The molecule has 5 rings (SSSR count). The Bertz CT molecular complexity index is 1620. The number of benzene rings is 2. The third kappa shape index (κ3) is 8.33. The number of Topliss-reactive ketones (excluding diaryl/α,β-unsaturated/α-hetero) is 1. The maximum atomic E-state index is 14.5. The van der Waals surface area contributed by atoms with E-state index >= 15 is 0 Å². The second-order valence-corrected chi connectivity index (χ2v) is 12.0. The molecule has 0 fully saturated rings. The third-order valence-corrected chi connectivity index (χ3v) is 8.77. The maximum Gasteiger partial charge on any atom is 0.238 e. The number of ether oxygens (including phenoxy) is 1. The smallest absolute Gasteiger partial charge is 0.238 e. The van der Waals surface area contributed by atoms with E-state index in [1.54, 1.807) is 24.4 Å². The molecule has 4 nitrogen and oxygen atoms in total. The van der Waals surface area contributed by atoms with Crippen molar-refractivity contribution in [3.63, 3.8) is 0 Å². The van der Waals surface area contributed by atoms with Gasteiger partial charge < -0.3 is 10.1 Å². The zero-order valence-corrected chi connectivity index (χ0v) is 26.1. The lowest BCUT2D eigenvalue weighted by molar-refractivity contribution is 0.0878. The molecule has 3 aliphatic rings. The first-order chi connectivity index (χ1) is 21.8. The third-order valence-electron chi connectivity index (χ3n) is 8.77. The van der Waals surface area contributed by atoms with Gasteiger partial charge in [0.25, 0.3) is 0 Å². The molecule has 0 amide bonds. The van der Waals surface area contributed by atoms with Crippen LogP contribution in [0.3, 0.4) is 0 Å². The van der Waals surface area contributed by atoms with Gasteiger partial charge in [0.2, 0.25) is 6.43 Å². The number of anilines is 2. The van der Waals surface area contributed by atoms with E-state index in [1.165, 1.54) is 38.0 Å². The molecular formula is C38H41F3N2O2. The second-order valence-electron chi connectivity index (χ2n) is 12.0. The molecule has 2 aliphatic carbocycles. The molecule has 0 aromatic heterocycles. The van der Waals surface area contributed by atoms with Crippen molar-refractivity contribution in [2.75, 3.05) is 12.4 Å². The van der Waals surface area contributed by atoms with Gasteiger partial charge in [0.1, 0.15) is 0 Å². The fourth-order valence-corrected chi connectivity index (χ4v) is 6.34. The largest absolute Gasteiger partial charge is 0.494 e. The van der Waals surface area contributed by atoms with Crippen molar-refractivity contribution in [3.05, 3.63) is 95.5 Å². The lowest BCUT2D eigenvalue weighted by atomic mass is 9.87. The Labute approximate surface area is 264 Å². The molecule has 1 atom stereocenters. The van der Waals surface area contributed by atoms with Crippen LogP contribution in [0.2, 0.25) is 0 Å². The highest BCUT2D eigenvalue weighted by Crippen LogP contribution is 2.39. The van der Waals surface area contributed by atoms with Crippen LogP contribution in [-0.4, -0.2) is 24.3 Å². The van der Waals surface area contributed by atoms with Crippen molar-refractivity contribution in [1.82, 2.24) is 4.98 Å². The standard InChI is InChI=1S/C38H41F3N2O2/c1-25-20-29(17-18-30(25)35(44)21-27(22-37(40)41)15-14-26-10-6-4-3-5-7-11-26)43-34-13-9-8-12-31-32(24-42-38(31)34)28-16-19-36(45-2)33(39)23-28/h8-10,12-13,16-20,23-24,27,37,43H,3-7,11,14-15,21-22H2,1-2H3/b26-10+. The fraction of sp³-hybridized carbons (Fsp3) is 0.368. The molecule has 7 heteroatoms. The molecule has 1 heterocycles. The normalized spacial score (nSPS) is 15.6. The van der Waals surface area contributed by atoms with Gasteiger partial charge in [-0.3, -0.25) is 9.78 Å². The number of aryl methyl sites for hydroxylation is 1. The van der Waals surface area contributed by atoms with Crippen LogP contribution in [0.1, 0.15) is 80.1 Å². The molecule has 0 spiro atoms. The Kier molecular flexibility index (Phi) is 10.9. The Balaban J connectivity index is 1.29. The summed E-state index contributed by atoms with van der Waals surface area (Å²) in [5.41, 5.74) is 7.30. The van der Waals surface area contributed by atoms with Crippen LogP contribution in [0, 0.1) is 18.7 Å². The summed E-state index contributed by atoms with van der Waals surface area (Å²) in [6, 6.07) is 18.0. The van der Waals surface area contributed by atoms with Gasteiger partial charge in [0.05, 0.1) is 18.5 Å². The van der Waals surface area contributed by atoms with E-state index in [0.717, 1.165) is 59.4 Å². The van der Waals surface area contributed by atoms with Crippen molar-refractivity contribution in [1.29, 1.82) is 0 Å². The van der Waals surface area contributed by atoms with Crippen molar-refractivity contribution >= 4 is 17.2 Å². The minimum absolute atomic E-state index is 0.0982. The van der Waals surface area contributed by atoms with Crippen LogP contribution in [0.25, 0.3) is 22.4 Å². The molecule has 0 bridgehead atoms. The minimum Gasteiger partial charge on any atom is -0.494 e. The highest BCUT2D eigenvalue weighted by Gasteiger charge is 2.22. The van der Waals surface area contributed by atoms with Crippen molar-refractivity contribution in [2.45, 2.75) is 77.6 Å². The molecule has 45 heavy (non-hydrogen) atoms. The summed E-state index contributed by atoms with van der Waals surface area (Å²) >= 11 is 0. The van der Waals surface area contributed by atoms with Crippen molar-refractivity contribution in [2.24, 2.45) is 5.92 Å². The summed E-state index contributed by atoms with van der Waals surface area (Å²) in [6.07, 6.45) is 9.79. The molecule has 0 radical (unpaired) electrons. The Hall–Kier alpha value is -4.13. The van der Waals surface area contributed by atoms with Crippen LogP contribution in [0.5, 0.6) is 5.75 Å². The minimum atomic E-state index is -2.43. The van der Waals surface area contributed by atoms with Crippen LogP contribution in [-0.2, 0) is 0 Å². The van der Waals surface area contributed by atoms with Crippen LogP contribution in [0.15, 0.2) is 78.5 Å². The van der Waals surface area contributed by atoms with E-state index in [-0.39, 0.29) is 30.3 Å². The number of allylic oxidation sites excluding steroid dienone is 2. The molecule has 236 valence electrons. The van der Waals surface area contributed by atoms with E-state index in [1.807, 2.05) is 43.3 Å². The number of nitrogens with zero attached hydrogens (tertiary/aromatic N) is 1. The van der Waals surface area contributed by atoms with Gasteiger partial charge in [-0.25, -0.2) is 13.2 Å². The quantitative estimate of drug-likeness (QED) is 0.127. The number of methoxy groups -OCH3 is 1. The van der Waals surface area contributed by atoms with Crippen LogP contribution < -0.4 is 10.1 Å². The zero-order chi connectivity index (χ0) is 31.8. The molecule has 2 aromatic rings. The molecule has 0 saturated heterocycles. The summed E-state index contributed by atoms with van der Waals surface area (Å²) in [6.45, 7) is 1.87. The number of hydrogen-bond donors (Lipinski definition) is 1. The number of nitrogens with one attached hydrogen (secondary N) is 1. The summed E-state index contributed by atoms with van der Waals surface area (Å²) in [5, 5.41) is 3.43. The van der Waals surface area contributed by atoms with Gasteiger partial charge >= 0.3 is 0 Å². The maximum absolute atomic E-state index is 14.5. The SMILES string of the molecule is COc1ccc(-c2cnc3c(Nc4ccc(C(=O)CC(CC/C5=C/CCCCCC5)CC(F)F)c(C)c4)ccccc2-3)cc1F. The van der Waals surface area contributed by atoms with Gasteiger partial charge in [-0.05, 0) is 98.9 Å². The van der Waals surface area contributed by atoms with Crippen LogP contribution >= 0.6 is 0 Å². The van der Waals surface area contributed by atoms with Crippen molar-refractivity contribution in [3.8, 4) is 28.1 Å². The summed E-state index contributed by atoms with van der Waals surface area (Å²) in [7, 11) is 1.43. The number of ketones is 1. The zero-order valence-electron chi connectivity index (χ0n) is 26.1. The lowest BCUT2D eigenvalue weighted by Gasteiger charge is -2.19. The molecule has 1 N–H and O–H groups in total. The number of rotatable bonds is 12. The van der Waals surface area contributed by atoms with E-state index < -0.39 is 12.2 Å². The highest BCUT2D eigenvalue weighted by atomic mass is 19.3. The Morgan fingerprint density at radius 3 is 2.60 bits per heavy atom. The fourth-order valence-electron chi connectivity index (χ4n) is 6.34. The Morgan fingerprint density at radius 2 is 1.82 bits per heavy atom. The van der Waals surface area contributed by atoms with E-state index in [4.69, 9.17) is 4.74 Å². The molecule has 1 aliphatic heterocycles. The average molecular weight is 615 g/mol. The Morgan fingerprint density at radius 1 is 1.00 bits per heavy atom. The van der Waals surface area contributed by atoms with Gasteiger partial charge in [-0.2, -0.15) is 0 Å². The lowest BCUT2D eigenvalue weighted by Crippen LogP contribution is -2.14. The summed E-state index contributed by atoms with van der Waals surface area (Å²) < 4.78 is 46.5. The van der Waals surface area contributed by atoms with Gasteiger partial charge in [-0.15, -0.1) is 0 Å². The number of carbonyl (C=O) groups excluding carboxylic acids is 1. The molecule has 1 unspecified atom stereocenters. The molecule has 0 saturated carbocycles. The first-order valence-corrected chi connectivity index (χ1v) is 15.9. The predicted molar refractivity (Wildman–Crippen MR) is 175 cm³/mol. The highest BCUT2D eigenvalue weighted by molar-refractivity contribution is 5.98.